The number of imide groups is 1. The van der Waals surface area contributed by atoms with Gasteiger partial charge in [-0.25, -0.2) is 4.90 Å². The molecule has 1 aliphatic carbocycles. The Hall–Kier alpha value is -4.99. The number of nitrogens with zero attached hydrogens (tertiary/aromatic N) is 2. The van der Waals surface area contributed by atoms with Crippen molar-refractivity contribution in [2.45, 2.75) is 37.7 Å². The molecule has 6 rings (SSSR count). The third kappa shape index (κ3) is 8.63. The fourth-order valence-electron chi connectivity index (χ4n) is 7.20. The number of aromatic nitrogens is 1. The van der Waals surface area contributed by atoms with Crippen LogP contribution in [0.3, 0.4) is 0 Å². The SMILES string of the molecule is O=C1[C@@H]2[C@@H](CC(COc3ccccc3)=C([C@H](O)CC/C(=C/c3cc(Br)ccc3O)c3ccccn3)[C@@H]2CO)C(=O)N1c1cc(C(F)(F)F)cc(C(F)(F)F)c1. The van der Waals surface area contributed by atoms with E-state index in [1.54, 1.807) is 72.9 Å². The van der Waals surface area contributed by atoms with Crippen LogP contribution in [0.5, 0.6) is 11.5 Å². The molecule has 2 aliphatic rings. The van der Waals surface area contributed by atoms with E-state index in [-0.39, 0.29) is 43.3 Å². The number of benzene rings is 3. The van der Waals surface area contributed by atoms with Gasteiger partial charge in [-0.3, -0.25) is 14.6 Å². The number of anilines is 1. The Morgan fingerprint density at radius 1 is 0.927 bits per heavy atom. The molecule has 2 amide bonds. The molecule has 0 spiro atoms. The third-order valence-electron chi connectivity index (χ3n) is 9.73. The van der Waals surface area contributed by atoms with Crippen molar-refractivity contribution in [1.82, 2.24) is 4.98 Å². The van der Waals surface area contributed by atoms with E-state index in [1.165, 1.54) is 6.07 Å². The van der Waals surface area contributed by atoms with Crippen LogP contribution in [0.15, 0.2) is 107 Å². The number of para-hydroxylation sites is 1. The highest BCUT2D eigenvalue weighted by molar-refractivity contribution is 9.10. The van der Waals surface area contributed by atoms with Crippen molar-refractivity contribution in [3.8, 4) is 11.5 Å². The van der Waals surface area contributed by atoms with E-state index in [9.17, 15) is 51.3 Å². The standard InChI is InChI=1S/C40H33BrF6N2O6/c41-27-10-12-33(51)23(15-27)14-22(32-8-4-5-13-48-32)9-11-34(52)35-24(21-55-29-6-2-1-3-7-29)16-30-36(31(35)20-50)38(54)49(37(30)53)28-18-25(39(42,43)44)17-26(19-28)40(45,46)47/h1-8,10,12-15,17-19,30-31,34,36,50-52H,9,11,16,20-21H2/b22-14-/t30-,31+,34-,36-/m1/s1. The number of hydrogen-bond donors (Lipinski definition) is 3. The van der Waals surface area contributed by atoms with Crippen LogP contribution in [0.4, 0.5) is 32.0 Å². The number of hydrogen-bond acceptors (Lipinski definition) is 7. The molecule has 1 fully saturated rings. The highest BCUT2D eigenvalue weighted by Gasteiger charge is 2.56. The molecule has 0 unspecified atom stereocenters. The van der Waals surface area contributed by atoms with E-state index in [1.807, 2.05) is 0 Å². The number of halogens is 7. The summed E-state index contributed by atoms with van der Waals surface area (Å²) in [6.45, 7) is -1.01. The molecule has 1 aliphatic heterocycles. The van der Waals surface area contributed by atoms with Crippen LogP contribution in [-0.4, -0.2) is 51.4 Å². The van der Waals surface area contributed by atoms with Crippen LogP contribution in [-0.2, 0) is 21.9 Å². The van der Waals surface area contributed by atoms with Crippen molar-refractivity contribution < 1.29 is 56.0 Å². The van der Waals surface area contributed by atoms with Crippen molar-refractivity contribution >= 4 is 45.1 Å². The van der Waals surface area contributed by atoms with E-state index < -0.39 is 71.4 Å². The van der Waals surface area contributed by atoms with Gasteiger partial charge in [0.05, 0.1) is 47.1 Å². The number of carbonyl (C=O) groups excluding carboxylic acids is 2. The Kier molecular flexibility index (Phi) is 11.6. The van der Waals surface area contributed by atoms with Crippen LogP contribution < -0.4 is 9.64 Å². The maximum atomic E-state index is 14.1. The molecule has 55 heavy (non-hydrogen) atoms. The maximum absolute atomic E-state index is 14.1. The normalized spacial score (nSPS) is 19.8. The molecule has 4 atom stereocenters. The number of phenols is 1. The number of aliphatic hydroxyl groups excluding tert-OH is 2. The summed E-state index contributed by atoms with van der Waals surface area (Å²) in [6, 6.07) is 19.1. The van der Waals surface area contributed by atoms with E-state index >= 15 is 0 Å². The number of alkyl halides is 6. The Morgan fingerprint density at radius 3 is 2.22 bits per heavy atom. The van der Waals surface area contributed by atoms with Gasteiger partial charge < -0.3 is 20.1 Å². The zero-order valence-corrected chi connectivity index (χ0v) is 30.3. The average Bonchev–Trinajstić information content (AvgIpc) is 3.41. The van der Waals surface area contributed by atoms with Crippen LogP contribution in [0.25, 0.3) is 11.6 Å². The molecular formula is C40H33BrF6N2O6. The molecule has 1 saturated heterocycles. The van der Waals surface area contributed by atoms with Crippen molar-refractivity contribution in [1.29, 1.82) is 0 Å². The quantitative estimate of drug-likeness (QED) is 0.0789. The van der Waals surface area contributed by atoms with Crippen molar-refractivity contribution in [2.24, 2.45) is 17.8 Å². The lowest BCUT2D eigenvalue weighted by Gasteiger charge is -2.36. The number of rotatable bonds is 11. The highest BCUT2D eigenvalue weighted by Crippen LogP contribution is 2.49. The second kappa shape index (κ2) is 16.0. The topological polar surface area (TPSA) is 120 Å². The molecule has 8 nitrogen and oxygen atoms in total. The fourth-order valence-corrected chi connectivity index (χ4v) is 7.58. The number of carbonyl (C=O) groups is 2. The van der Waals surface area contributed by atoms with Crippen LogP contribution in [0.2, 0.25) is 0 Å². The van der Waals surface area contributed by atoms with Gasteiger partial charge in [0, 0.05) is 22.2 Å². The molecule has 0 radical (unpaired) electrons. The zero-order chi connectivity index (χ0) is 39.7. The van der Waals surface area contributed by atoms with Crippen molar-refractivity contribution in [3.05, 3.63) is 129 Å². The molecule has 2 heterocycles. The number of phenolic OH excluding ortho intramolecular Hbond substituents is 1. The predicted octanol–water partition coefficient (Wildman–Crippen LogP) is 8.46. The second-order valence-corrected chi connectivity index (χ2v) is 14.1. The molecule has 4 aromatic rings. The van der Waals surface area contributed by atoms with E-state index in [4.69, 9.17) is 4.74 Å². The molecule has 3 aromatic carbocycles. The monoisotopic (exact) mass is 830 g/mol. The van der Waals surface area contributed by atoms with E-state index in [0.717, 1.165) is 0 Å². The second-order valence-electron chi connectivity index (χ2n) is 13.2. The van der Waals surface area contributed by atoms with Crippen molar-refractivity contribution in [3.63, 3.8) is 0 Å². The summed E-state index contributed by atoms with van der Waals surface area (Å²) < 4.78 is 89.4. The first kappa shape index (κ1) is 39.7. The van der Waals surface area contributed by atoms with Gasteiger partial charge in [-0.2, -0.15) is 26.3 Å². The molecule has 288 valence electrons. The summed E-state index contributed by atoms with van der Waals surface area (Å²) in [4.78, 5) is 32.7. The van der Waals surface area contributed by atoms with Gasteiger partial charge in [-0.15, -0.1) is 0 Å². The van der Waals surface area contributed by atoms with Gasteiger partial charge in [-0.1, -0.05) is 40.2 Å². The minimum Gasteiger partial charge on any atom is -0.507 e. The Bertz CT molecular complexity index is 2090. The molecule has 0 bridgehead atoms. The number of fused-ring (bicyclic) bond motifs is 1. The Labute approximate surface area is 319 Å². The predicted molar refractivity (Wildman–Crippen MR) is 193 cm³/mol. The first-order valence-corrected chi connectivity index (χ1v) is 17.8. The summed E-state index contributed by atoms with van der Waals surface area (Å²) >= 11 is 3.39. The van der Waals surface area contributed by atoms with Gasteiger partial charge >= 0.3 is 12.4 Å². The minimum absolute atomic E-state index is 0.0176. The maximum Gasteiger partial charge on any atom is 0.416 e. The largest absolute Gasteiger partial charge is 0.507 e. The number of aliphatic hydroxyl groups is 2. The van der Waals surface area contributed by atoms with Crippen LogP contribution >= 0.6 is 15.9 Å². The van der Waals surface area contributed by atoms with Crippen molar-refractivity contribution in [2.75, 3.05) is 18.1 Å². The fraction of sp³-hybridized carbons (Fsp3) is 0.275. The summed E-state index contributed by atoms with van der Waals surface area (Å²) in [7, 11) is 0. The van der Waals surface area contributed by atoms with Gasteiger partial charge in [0.25, 0.3) is 0 Å². The molecular weight excluding hydrogens is 798 g/mol. The van der Waals surface area contributed by atoms with Gasteiger partial charge in [0.15, 0.2) is 0 Å². The Balaban J connectivity index is 1.38. The average molecular weight is 832 g/mol. The van der Waals surface area contributed by atoms with E-state index in [0.29, 0.717) is 49.7 Å². The van der Waals surface area contributed by atoms with Gasteiger partial charge in [-0.05, 0) is 103 Å². The van der Waals surface area contributed by atoms with Crippen LogP contribution in [0.1, 0.15) is 41.6 Å². The smallest absolute Gasteiger partial charge is 0.416 e. The first-order chi connectivity index (χ1) is 26.1. The number of amides is 2. The van der Waals surface area contributed by atoms with Gasteiger partial charge in [0.2, 0.25) is 11.8 Å². The number of pyridine rings is 1. The molecule has 3 N–H and O–H groups in total. The number of aromatic hydroxyl groups is 1. The number of ether oxygens (including phenoxy) is 1. The highest BCUT2D eigenvalue weighted by atomic mass is 79.9. The molecule has 15 heteroatoms. The lowest BCUT2D eigenvalue weighted by molar-refractivity contribution is -0.143. The summed E-state index contributed by atoms with van der Waals surface area (Å²) in [6.07, 6.45) is -8.69. The third-order valence-corrected chi connectivity index (χ3v) is 10.2. The summed E-state index contributed by atoms with van der Waals surface area (Å²) in [5, 5.41) is 33.3. The lowest BCUT2D eigenvalue weighted by atomic mass is 9.68. The Morgan fingerprint density at radius 2 is 1.60 bits per heavy atom. The zero-order valence-electron chi connectivity index (χ0n) is 28.7. The van der Waals surface area contributed by atoms with E-state index in [2.05, 4.69) is 20.9 Å². The lowest BCUT2D eigenvalue weighted by Crippen LogP contribution is -2.40. The summed E-state index contributed by atoms with van der Waals surface area (Å²) in [5.41, 5.74) is -2.21. The molecule has 1 aromatic heterocycles. The first-order valence-electron chi connectivity index (χ1n) is 17.0. The van der Waals surface area contributed by atoms with Gasteiger partial charge in [0.1, 0.15) is 18.1 Å². The number of allylic oxidation sites excluding steroid dienone is 1. The minimum atomic E-state index is -5.23. The molecule has 0 saturated carbocycles. The summed E-state index contributed by atoms with van der Waals surface area (Å²) in [5.74, 6) is -5.71. The van der Waals surface area contributed by atoms with Crippen LogP contribution in [0, 0.1) is 17.8 Å².